The van der Waals surface area contributed by atoms with Crippen LogP contribution in [0.5, 0.6) is 0 Å². The van der Waals surface area contributed by atoms with Crippen LogP contribution in [0.15, 0.2) is 46.8 Å². The normalized spacial score (nSPS) is 14.4. The SMILES string of the molecule is CCNC(=NCc1cccc(NC(=O)C2CCC2)c1)N(C)CCc1cccs1. The lowest BCUT2D eigenvalue weighted by Gasteiger charge is -2.24. The number of nitrogens with zero attached hydrogens (tertiary/aromatic N) is 2. The number of benzene rings is 1. The predicted molar refractivity (Wildman–Crippen MR) is 118 cm³/mol. The fourth-order valence-electron chi connectivity index (χ4n) is 3.14. The molecule has 1 heterocycles. The third kappa shape index (κ3) is 5.83. The van der Waals surface area contributed by atoms with Gasteiger partial charge in [-0.2, -0.15) is 0 Å². The van der Waals surface area contributed by atoms with Gasteiger partial charge in [0, 0.05) is 36.6 Å². The first-order chi connectivity index (χ1) is 13.7. The number of hydrogen-bond acceptors (Lipinski definition) is 3. The summed E-state index contributed by atoms with van der Waals surface area (Å²) in [5.41, 5.74) is 1.95. The molecule has 0 bridgehead atoms. The van der Waals surface area contributed by atoms with Gasteiger partial charge in [-0.05, 0) is 55.3 Å². The molecule has 3 rings (SSSR count). The molecule has 1 fully saturated rings. The number of likely N-dealkylation sites (N-methyl/N-ethyl adjacent to an activating group) is 1. The van der Waals surface area contributed by atoms with Crippen molar-refractivity contribution >= 4 is 28.9 Å². The van der Waals surface area contributed by atoms with Gasteiger partial charge in [-0.1, -0.05) is 24.6 Å². The molecule has 5 nitrogen and oxygen atoms in total. The van der Waals surface area contributed by atoms with Crippen LogP contribution >= 0.6 is 11.3 Å². The molecule has 1 saturated carbocycles. The number of hydrogen-bond donors (Lipinski definition) is 2. The molecular formula is C22H30N4OS. The molecular weight excluding hydrogens is 368 g/mol. The zero-order valence-electron chi connectivity index (χ0n) is 16.8. The molecule has 0 radical (unpaired) electrons. The molecule has 1 aliphatic rings. The zero-order chi connectivity index (χ0) is 19.8. The van der Waals surface area contributed by atoms with Crippen molar-refractivity contribution in [1.29, 1.82) is 0 Å². The average molecular weight is 399 g/mol. The van der Waals surface area contributed by atoms with Crippen molar-refractivity contribution in [3.8, 4) is 0 Å². The Morgan fingerprint density at radius 3 is 2.82 bits per heavy atom. The molecule has 1 aromatic carbocycles. The Bertz CT molecular complexity index is 784. The summed E-state index contributed by atoms with van der Waals surface area (Å²) in [4.78, 5) is 20.5. The maximum atomic E-state index is 12.2. The third-order valence-corrected chi connectivity index (χ3v) is 5.99. The van der Waals surface area contributed by atoms with E-state index in [9.17, 15) is 4.79 Å². The minimum absolute atomic E-state index is 0.147. The van der Waals surface area contributed by atoms with E-state index in [4.69, 9.17) is 4.99 Å². The summed E-state index contributed by atoms with van der Waals surface area (Å²) in [5, 5.41) is 8.53. The molecule has 0 aliphatic heterocycles. The topological polar surface area (TPSA) is 56.7 Å². The Hall–Kier alpha value is -2.34. The van der Waals surface area contributed by atoms with Gasteiger partial charge < -0.3 is 15.5 Å². The number of guanidine groups is 1. The van der Waals surface area contributed by atoms with Crippen molar-refractivity contribution in [1.82, 2.24) is 10.2 Å². The highest BCUT2D eigenvalue weighted by Gasteiger charge is 2.25. The fraction of sp³-hybridized carbons (Fsp3) is 0.455. The first-order valence-electron chi connectivity index (χ1n) is 10.1. The van der Waals surface area contributed by atoms with E-state index in [1.807, 2.05) is 18.2 Å². The molecule has 1 aliphatic carbocycles. The highest BCUT2D eigenvalue weighted by molar-refractivity contribution is 7.09. The second-order valence-electron chi connectivity index (χ2n) is 7.24. The molecule has 0 spiro atoms. The van der Waals surface area contributed by atoms with Gasteiger partial charge in [0.15, 0.2) is 5.96 Å². The van der Waals surface area contributed by atoms with E-state index in [2.05, 4.69) is 53.1 Å². The van der Waals surface area contributed by atoms with Crippen LogP contribution in [0.1, 0.15) is 36.6 Å². The lowest BCUT2D eigenvalue weighted by atomic mass is 9.85. The Morgan fingerprint density at radius 2 is 2.14 bits per heavy atom. The average Bonchev–Trinajstić information content (AvgIpc) is 3.15. The van der Waals surface area contributed by atoms with Gasteiger partial charge in [0.2, 0.25) is 5.91 Å². The smallest absolute Gasteiger partial charge is 0.227 e. The lowest BCUT2D eigenvalue weighted by molar-refractivity contribution is -0.122. The van der Waals surface area contributed by atoms with Crippen LogP contribution in [0.3, 0.4) is 0 Å². The molecule has 2 aromatic rings. The van der Waals surface area contributed by atoms with Gasteiger partial charge in [-0.15, -0.1) is 11.3 Å². The highest BCUT2D eigenvalue weighted by Crippen LogP contribution is 2.27. The van der Waals surface area contributed by atoms with Gasteiger partial charge in [0.25, 0.3) is 0 Å². The fourth-order valence-corrected chi connectivity index (χ4v) is 3.83. The summed E-state index contributed by atoms with van der Waals surface area (Å²) in [6.07, 6.45) is 4.21. The predicted octanol–water partition coefficient (Wildman–Crippen LogP) is 4.13. The summed E-state index contributed by atoms with van der Waals surface area (Å²) < 4.78 is 0. The molecule has 150 valence electrons. The monoisotopic (exact) mass is 398 g/mol. The number of amides is 1. The minimum Gasteiger partial charge on any atom is -0.357 e. The van der Waals surface area contributed by atoms with Crippen molar-refractivity contribution in [2.24, 2.45) is 10.9 Å². The third-order valence-electron chi connectivity index (χ3n) is 5.05. The standard InChI is InChI=1S/C22H30N4OS/c1-3-23-22(26(2)13-12-20-11-6-14-28-20)24-16-17-7-4-10-19(15-17)25-21(27)18-8-5-9-18/h4,6-7,10-11,14-15,18H,3,5,8-9,12-13,16H2,1-2H3,(H,23,24)(H,25,27). The summed E-state index contributed by atoms with van der Waals surface area (Å²) in [5.74, 6) is 1.25. The second-order valence-corrected chi connectivity index (χ2v) is 8.27. The first-order valence-corrected chi connectivity index (χ1v) is 11.0. The molecule has 6 heteroatoms. The molecule has 1 aromatic heterocycles. The molecule has 0 unspecified atom stereocenters. The quantitative estimate of drug-likeness (QED) is 0.519. The highest BCUT2D eigenvalue weighted by atomic mass is 32.1. The maximum absolute atomic E-state index is 12.2. The van der Waals surface area contributed by atoms with Crippen LogP contribution < -0.4 is 10.6 Å². The molecule has 28 heavy (non-hydrogen) atoms. The molecule has 0 atom stereocenters. The van der Waals surface area contributed by atoms with E-state index >= 15 is 0 Å². The van der Waals surface area contributed by atoms with E-state index in [0.717, 1.165) is 49.6 Å². The van der Waals surface area contributed by atoms with Gasteiger partial charge in [-0.25, -0.2) is 4.99 Å². The van der Waals surface area contributed by atoms with E-state index < -0.39 is 0 Å². The van der Waals surface area contributed by atoms with Crippen molar-refractivity contribution in [2.45, 2.75) is 39.2 Å². The largest absolute Gasteiger partial charge is 0.357 e. The van der Waals surface area contributed by atoms with Crippen LogP contribution in [-0.4, -0.2) is 36.9 Å². The van der Waals surface area contributed by atoms with E-state index in [1.165, 1.54) is 11.3 Å². The zero-order valence-corrected chi connectivity index (χ0v) is 17.6. The Labute approximate surface area is 171 Å². The summed E-state index contributed by atoms with van der Waals surface area (Å²) in [6, 6.07) is 12.3. The lowest BCUT2D eigenvalue weighted by Crippen LogP contribution is -2.39. The molecule has 0 saturated heterocycles. The van der Waals surface area contributed by atoms with E-state index in [0.29, 0.717) is 6.54 Å². The number of carbonyl (C=O) groups excluding carboxylic acids is 1. The van der Waals surface area contributed by atoms with Gasteiger partial charge in [0.05, 0.1) is 6.54 Å². The van der Waals surface area contributed by atoms with Crippen LogP contribution in [-0.2, 0) is 17.8 Å². The summed E-state index contributed by atoms with van der Waals surface area (Å²) >= 11 is 1.79. The Kier molecular flexibility index (Phi) is 7.48. The number of anilines is 1. The molecule has 1 amide bonds. The van der Waals surface area contributed by atoms with Crippen molar-refractivity contribution in [2.75, 3.05) is 25.5 Å². The van der Waals surface area contributed by atoms with Crippen LogP contribution in [0.2, 0.25) is 0 Å². The van der Waals surface area contributed by atoms with Crippen LogP contribution in [0, 0.1) is 5.92 Å². The second kappa shape index (κ2) is 10.3. The summed E-state index contributed by atoms with van der Waals surface area (Å²) in [7, 11) is 2.07. The summed E-state index contributed by atoms with van der Waals surface area (Å²) in [6.45, 7) is 4.42. The van der Waals surface area contributed by atoms with Crippen LogP contribution in [0.25, 0.3) is 0 Å². The van der Waals surface area contributed by atoms with Gasteiger partial charge in [-0.3, -0.25) is 4.79 Å². The van der Waals surface area contributed by atoms with Gasteiger partial charge >= 0.3 is 0 Å². The number of carbonyl (C=O) groups is 1. The number of thiophene rings is 1. The molecule has 2 N–H and O–H groups in total. The van der Waals surface area contributed by atoms with Crippen molar-refractivity contribution < 1.29 is 4.79 Å². The van der Waals surface area contributed by atoms with Gasteiger partial charge in [0.1, 0.15) is 0 Å². The Morgan fingerprint density at radius 1 is 1.29 bits per heavy atom. The number of rotatable bonds is 8. The Balaban J connectivity index is 1.58. The minimum atomic E-state index is 0.147. The van der Waals surface area contributed by atoms with Crippen LogP contribution in [0.4, 0.5) is 5.69 Å². The first kappa shape index (κ1) is 20.4. The number of aliphatic imine (C=N–C) groups is 1. The van der Waals surface area contributed by atoms with E-state index in [-0.39, 0.29) is 11.8 Å². The van der Waals surface area contributed by atoms with E-state index in [1.54, 1.807) is 11.3 Å². The van der Waals surface area contributed by atoms with Crippen molar-refractivity contribution in [3.05, 3.63) is 52.2 Å². The maximum Gasteiger partial charge on any atom is 0.227 e. The number of nitrogens with one attached hydrogen (secondary N) is 2. The van der Waals surface area contributed by atoms with Crippen molar-refractivity contribution in [3.63, 3.8) is 0 Å².